The fourth-order valence-electron chi connectivity index (χ4n) is 6.01. The molecule has 1 saturated carbocycles. The highest BCUT2D eigenvalue weighted by Crippen LogP contribution is 2.31. The first-order valence-electron chi connectivity index (χ1n) is 14.8. The maximum Gasteiger partial charge on any atom is 0.289 e. The summed E-state index contributed by atoms with van der Waals surface area (Å²) in [6.45, 7) is 10.2. The van der Waals surface area contributed by atoms with Crippen molar-refractivity contribution in [3.8, 4) is 0 Å². The normalized spacial score (nSPS) is 23.1. The molecule has 0 bridgehead atoms. The Morgan fingerprint density at radius 1 is 0.950 bits per heavy atom. The number of likely N-dealkylation sites (tertiary alicyclic amines) is 1. The van der Waals surface area contributed by atoms with E-state index in [4.69, 9.17) is 0 Å². The number of amides is 5. The highest BCUT2D eigenvalue weighted by molar-refractivity contribution is 6.38. The topological polar surface area (TPSA) is 154 Å². The third kappa shape index (κ3) is 8.51. The van der Waals surface area contributed by atoms with Gasteiger partial charge in [0.15, 0.2) is 0 Å². The lowest BCUT2D eigenvalue weighted by molar-refractivity contribution is -0.144. The van der Waals surface area contributed by atoms with Crippen molar-refractivity contribution in [2.45, 2.75) is 117 Å². The van der Waals surface area contributed by atoms with Crippen molar-refractivity contribution in [1.29, 1.82) is 0 Å². The molecule has 224 valence electrons. The number of nitrogens with zero attached hydrogens (tertiary/aromatic N) is 1. The second kappa shape index (κ2) is 13.6. The standard InChI is InChI=1S/C29H47N5O6/c1-17(2)31-27(39)24(36)20(15-19-12-13-30-25(19)37)32-26(38)21-11-8-14-34(21)28(40)23(18-9-6-7-10-18)33-22(35)16-29(3,4)5/h17-21,23H,6-16H2,1-5H3,(H,30,37)(H,31,39)(H,32,38)(H,33,35)/t19-,20-,21-,23-/m0/s1. The minimum atomic E-state index is -1.19. The van der Waals surface area contributed by atoms with E-state index < -0.39 is 41.6 Å². The van der Waals surface area contributed by atoms with E-state index in [1.54, 1.807) is 13.8 Å². The Balaban J connectivity index is 1.76. The summed E-state index contributed by atoms with van der Waals surface area (Å²) >= 11 is 0. The molecule has 5 amide bonds. The van der Waals surface area contributed by atoms with Gasteiger partial charge in [-0.1, -0.05) is 33.6 Å². The molecule has 11 heteroatoms. The molecule has 0 aromatic heterocycles. The van der Waals surface area contributed by atoms with E-state index in [1.165, 1.54) is 4.90 Å². The van der Waals surface area contributed by atoms with Crippen molar-refractivity contribution >= 4 is 35.3 Å². The van der Waals surface area contributed by atoms with Crippen molar-refractivity contribution in [2.24, 2.45) is 17.3 Å². The first-order valence-corrected chi connectivity index (χ1v) is 14.8. The zero-order valence-corrected chi connectivity index (χ0v) is 24.6. The number of Topliss-reactive ketones (excluding diaryl/α,β-unsaturated/α-hetero) is 1. The van der Waals surface area contributed by atoms with E-state index in [1.807, 2.05) is 20.8 Å². The van der Waals surface area contributed by atoms with E-state index in [2.05, 4.69) is 21.3 Å². The number of nitrogens with one attached hydrogen (secondary N) is 4. The number of rotatable bonds is 11. The second-order valence-electron chi connectivity index (χ2n) is 13.1. The molecule has 2 saturated heterocycles. The van der Waals surface area contributed by atoms with Gasteiger partial charge in [-0.2, -0.15) is 0 Å². The van der Waals surface area contributed by atoms with Crippen LogP contribution in [-0.2, 0) is 28.8 Å². The van der Waals surface area contributed by atoms with Crippen LogP contribution in [0.25, 0.3) is 0 Å². The predicted molar refractivity (Wildman–Crippen MR) is 149 cm³/mol. The van der Waals surface area contributed by atoms with E-state index in [9.17, 15) is 28.8 Å². The van der Waals surface area contributed by atoms with Crippen LogP contribution >= 0.6 is 0 Å². The molecule has 4 atom stereocenters. The Labute approximate surface area is 237 Å². The quantitative estimate of drug-likeness (QED) is 0.278. The Hall–Kier alpha value is -2.98. The van der Waals surface area contributed by atoms with Gasteiger partial charge in [0.2, 0.25) is 29.4 Å². The summed E-state index contributed by atoms with van der Waals surface area (Å²) in [5.74, 6) is -3.30. The third-order valence-electron chi connectivity index (χ3n) is 7.94. The highest BCUT2D eigenvalue weighted by atomic mass is 16.2. The molecule has 3 fully saturated rings. The van der Waals surface area contributed by atoms with Crippen molar-refractivity contribution in [2.75, 3.05) is 13.1 Å². The number of ketones is 1. The minimum Gasteiger partial charge on any atom is -0.356 e. The van der Waals surface area contributed by atoms with Crippen molar-refractivity contribution in [3.05, 3.63) is 0 Å². The molecule has 1 aliphatic carbocycles. The van der Waals surface area contributed by atoms with Gasteiger partial charge in [-0.15, -0.1) is 0 Å². The lowest BCUT2D eigenvalue weighted by atomic mass is 9.90. The summed E-state index contributed by atoms with van der Waals surface area (Å²) in [5, 5.41) is 11.0. The summed E-state index contributed by atoms with van der Waals surface area (Å²) in [5.41, 5.74) is -0.233. The Bertz CT molecular complexity index is 984. The van der Waals surface area contributed by atoms with Crippen molar-refractivity contribution in [1.82, 2.24) is 26.2 Å². The van der Waals surface area contributed by atoms with Gasteiger partial charge < -0.3 is 26.2 Å². The van der Waals surface area contributed by atoms with Crippen LogP contribution in [0.2, 0.25) is 0 Å². The van der Waals surface area contributed by atoms with Crippen LogP contribution in [0.4, 0.5) is 0 Å². The van der Waals surface area contributed by atoms with Gasteiger partial charge in [0.05, 0.1) is 6.04 Å². The van der Waals surface area contributed by atoms with Crippen LogP contribution < -0.4 is 21.3 Å². The first kappa shape index (κ1) is 31.5. The zero-order valence-electron chi connectivity index (χ0n) is 24.6. The number of hydrogen-bond acceptors (Lipinski definition) is 6. The van der Waals surface area contributed by atoms with Crippen LogP contribution in [0.3, 0.4) is 0 Å². The number of hydrogen-bond donors (Lipinski definition) is 4. The minimum absolute atomic E-state index is 0.00987. The Morgan fingerprint density at radius 3 is 2.20 bits per heavy atom. The summed E-state index contributed by atoms with van der Waals surface area (Å²) < 4.78 is 0. The molecular weight excluding hydrogens is 514 g/mol. The molecule has 3 aliphatic rings. The molecule has 2 aliphatic heterocycles. The van der Waals surface area contributed by atoms with Gasteiger partial charge in [-0.05, 0) is 63.7 Å². The molecule has 3 rings (SSSR count). The SMILES string of the molecule is CC(C)NC(=O)C(=O)[C@H](C[C@@H]1CCNC1=O)NC(=O)[C@@H]1CCCN1C(=O)[C@@H](NC(=O)CC(C)(C)C)C1CCCC1. The third-order valence-corrected chi connectivity index (χ3v) is 7.94. The van der Waals surface area contributed by atoms with E-state index >= 15 is 0 Å². The molecular formula is C29H47N5O6. The summed E-state index contributed by atoms with van der Waals surface area (Å²) in [6.07, 6.45) is 5.47. The Kier molecular flexibility index (Phi) is 10.7. The smallest absolute Gasteiger partial charge is 0.289 e. The van der Waals surface area contributed by atoms with Gasteiger partial charge in [0.1, 0.15) is 12.1 Å². The van der Waals surface area contributed by atoms with Crippen molar-refractivity contribution < 1.29 is 28.8 Å². The first-order chi connectivity index (χ1) is 18.8. The summed E-state index contributed by atoms with van der Waals surface area (Å²) in [6, 6.07) is -2.99. The average Bonchev–Trinajstić information content (AvgIpc) is 3.62. The highest BCUT2D eigenvalue weighted by Gasteiger charge is 2.43. The van der Waals surface area contributed by atoms with Crippen LogP contribution in [0.15, 0.2) is 0 Å². The maximum atomic E-state index is 13.9. The molecule has 0 radical (unpaired) electrons. The van der Waals surface area contributed by atoms with Crippen LogP contribution in [0.1, 0.15) is 92.4 Å². The second-order valence-corrected chi connectivity index (χ2v) is 13.1. The van der Waals surface area contributed by atoms with E-state index in [0.717, 1.165) is 25.7 Å². The van der Waals surface area contributed by atoms with E-state index in [0.29, 0.717) is 32.4 Å². The zero-order chi connectivity index (χ0) is 29.6. The molecule has 4 N–H and O–H groups in total. The molecule has 0 aromatic carbocycles. The fourth-order valence-corrected chi connectivity index (χ4v) is 6.01. The molecule has 2 heterocycles. The van der Waals surface area contributed by atoms with Gasteiger partial charge >= 0.3 is 0 Å². The van der Waals surface area contributed by atoms with Gasteiger partial charge in [0, 0.05) is 31.5 Å². The van der Waals surface area contributed by atoms with Crippen LogP contribution in [0, 0.1) is 17.3 Å². The molecule has 11 nitrogen and oxygen atoms in total. The molecule has 0 unspecified atom stereocenters. The molecule has 0 aromatic rings. The maximum absolute atomic E-state index is 13.9. The van der Waals surface area contributed by atoms with Crippen LogP contribution in [0.5, 0.6) is 0 Å². The Morgan fingerprint density at radius 2 is 1.62 bits per heavy atom. The number of carbonyl (C=O) groups excluding carboxylic acids is 6. The average molecular weight is 562 g/mol. The van der Waals surface area contributed by atoms with Gasteiger partial charge in [0.25, 0.3) is 5.91 Å². The molecule has 40 heavy (non-hydrogen) atoms. The molecule has 0 spiro atoms. The van der Waals surface area contributed by atoms with Crippen molar-refractivity contribution in [3.63, 3.8) is 0 Å². The summed E-state index contributed by atoms with van der Waals surface area (Å²) in [4.78, 5) is 79.6. The van der Waals surface area contributed by atoms with Gasteiger partial charge in [-0.3, -0.25) is 28.8 Å². The monoisotopic (exact) mass is 561 g/mol. The predicted octanol–water partition coefficient (Wildman–Crippen LogP) is 1.19. The summed E-state index contributed by atoms with van der Waals surface area (Å²) in [7, 11) is 0. The lowest BCUT2D eigenvalue weighted by Crippen LogP contribution is -2.58. The van der Waals surface area contributed by atoms with Crippen LogP contribution in [-0.4, -0.2) is 77.5 Å². The van der Waals surface area contributed by atoms with Gasteiger partial charge in [-0.25, -0.2) is 0 Å². The van der Waals surface area contributed by atoms with E-state index in [-0.39, 0.29) is 47.9 Å². The lowest BCUT2D eigenvalue weighted by Gasteiger charge is -2.32. The number of carbonyl (C=O) groups is 6. The fraction of sp³-hybridized carbons (Fsp3) is 0.793. The largest absolute Gasteiger partial charge is 0.356 e.